The monoisotopic (exact) mass is 663 g/mol. The lowest BCUT2D eigenvalue weighted by atomic mass is 10.0. The van der Waals surface area contributed by atoms with Gasteiger partial charge in [-0.3, -0.25) is 4.79 Å². The van der Waals surface area contributed by atoms with E-state index in [0.717, 1.165) is 43.4 Å². The fourth-order valence-corrected chi connectivity index (χ4v) is 6.45. The molecule has 44 heavy (non-hydrogen) atoms. The van der Waals surface area contributed by atoms with Gasteiger partial charge in [0.05, 0.1) is 22.3 Å². The minimum Gasteiger partial charge on any atom is -0.507 e. The number of benzene rings is 2. The number of phenolic OH excluding ortho intramolecular Hbond substituents is 1. The Kier molecular flexibility index (Phi) is 10.9. The number of carbonyl (C=O) groups excluding carboxylic acids is 3. The van der Waals surface area contributed by atoms with E-state index in [9.17, 15) is 19.5 Å². The number of ether oxygens (including phenoxy) is 1. The third-order valence-corrected chi connectivity index (χ3v) is 9.18. The molecule has 0 aromatic heterocycles. The van der Waals surface area contributed by atoms with E-state index in [0.29, 0.717) is 42.5 Å². The van der Waals surface area contributed by atoms with Crippen LogP contribution in [-0.2, 0) is 22.4 Å². The molecule has 3 aliphatic rings. The summed E-state index contributed by atoms with van der Waals surface area (Å²) in [6.07, 6.45) is 6.88. The first-order valence-electron chi connectivity index (χ1n) is 15.4. The molecule has 1 saturated heterocycles. The maximum Gasteiger partial charge on any atom is 0.410 e. The number of halogens is 1. The number of hydrogen-bond acceptors (Lipinski definition) is 6. The number of para-hydroxylation sites is 1. The van der Waals surface area contributed by atoms with E-state index in [1.165, 1.54) is 18.9 Å². The van der Waals surface area contributed by atoms with Gasteiger partial charge < -0.3 is 25.0 Å². The molecular weight excluding hydrogens is 626 g/mol. The van der Waals surface area contributed by atoms with Gasteiger partial charge in [0.1, 0.15) is 5.75 Å². The molecule has 232 valence electrons. The topological polar surface area (TPSA) is 124 Å². The molecule has 4 amide bonds. The number of piperidine rings is 1. The van der Waals surface area contributed by atoms with Crippen LogP contribution in [0.2, 0.25) is 0 Å². The van der Waals surface area contributed by atoms with E-state index in [1.54, 1.807) is 17.0 Å². The molecule has 1 saturated carbocycles. The number of nitrogens with one attached hydrogen (secondary N) is 1. The summed E-state index contributed by atoms with van der Waals surface area (Å²) < 4.78 is 6.19. The standard InChI is InChI=1S/C33H38BrN5O5/c34-27-21-23(11-12-29(27)40)22-30(31(41)36-17-16-35-25-8-3-1-2-4-9-25)44-33(43)38-18-14-26(15-19-38)39-20-13-24-7-5-6-10-28(24)37-32(39)42/h5-7,10-12,21,25-26,30,40H,1-4,8-9,13-15,18-20,22H2,(H,37,42)/t30-/m1/s1. The van der Waals surface area contributed by atoms with Crippen LogP contribution in [0.1, 0.15) is 62.5 Å². The van der Waals surface area contributed by atoms with Crippen LogP contribution in [0.4, 0.5) is 15.3 Å². The van der Waals surface area contributed by atoms with Gasteiger partial charge in [-0.1, -0.05) is 49.9 Å². The number of rotatable bonds is 6. The largest absolute Gasteiger partial charge is 0.507 e. The highest BCUT2D eigenvalue weighted by Crippen LogP contribution is 2.27. The van der Waals surface area contributed by atoms with Crippen molar-refractivity contribution >= 4 is 51.4 Å². The van der Waals surface area contributed by atoms with E-state index in [2.05, 4.69) is 43.0 Å². The number of urea groups is 1. The molecule has 2 N–H and O–H groups in total. The van der Waals surface area contributed by atoms with Crippen molar-refractivity contribution < 1.29 is 24.2 Å². The number of fused-ring (bicyclic) bond motifs is 1. The highest BCUT2D eigenvalue weighted by Gasteiger charge is 2.33. The quantitative estimate of drug-likeness (QED) is 0.294. The smallest absolute Gasteiger partial charge is 0.410 e. The highest BCUT2D eigenvalue weighted by molar-refractivity contribution is 9.10. The molecule has 2 aromatic carbocycles. The number of likely N-dealkylation sites (tertiary alicyclic amines) is 1. The van der Waals surface area contributed by atoms with Crippen LogP contribution in [-0.4, -0.2) is 82.5 Å². The van der Waals surface area contributed by atoms with Gasteiger partial charge in [-0.15, -0.1) is 0 Å². The second kappa shape index (κ2) is 15.2. The summed E-state index contributed by atoms with van der Waals surface area (Å²) in [5.41, 5.74) is 2.62. The molecule has 5 rings (SSSR count). The van der Waals surface area contributed by atoms with Gasteiger partial charge in [-0.05, 0) is 77.4 Å². The van der Waals surface area contributed by atoms with Crippen molar-refractivity contribution in [3.63, 3.8) is 0 Å². The molecule has 0 radical (unpaired) electrons. The van der Waals surface area contributed by atoms with Crippen molar-refractivity contribution in [2.75, 3.05) is 25.0 Å². The molecule has 2 aromatic rings. The predicted octanol–water partition coefficient (Wildman–Crippen LogP) is 5.90. The fourth-order valence-electron chi connectivity index (χ4n) is 6.02. The number of anilines is 1. The molecule has 0 spiro atoms. The first kappa shape index (κ1) is 31.5. The van der Waals surface area contributed by atoms with E-state index in [4.69, 9.17) is 4.74 Å². The molecule has 11 heteroatoms. The number of aromatic hydroxyl groups is 1. The highest BCUT2D eigenvalue weighted by atomic mass is 79.9. The third-order valence-electron chi connectivity index (χ3n) is 8.54. The van der Waals surface area contributed by atoms with E-state index < -0.39 is 18.1 Å². The maximum absolute atomic E-state index is 13.3. The molecular formula is C33H38BrN5O5. The Morgan fingerprint density at radius 1 is 1.02 bits per heavy atom. The van der Waals surface area contributed by atoms with E-state index >= 15 is 0 Å². The van der Waals surface area contributed by atoms with Crippen LogP contribution in [0.25, 0.3) is 0 Å². The number of amides is 4. The van der Waals surface area contributed by atoms with Gasteiger partial charge in [0.25, 0.3) is 5.91 Å². The van der Waals surface area contributed by atoms with Crippen molar-refractivity contribution in [1.29, 1.82) is 0 Å². The molecule has 10 nitrogen and oxygen atoms in total. The van der Waals surface area contributed by atoms with Crippen molar-refractivity contribution in [3.8, 4) is 5.75 Å². The van der Waals surface area contributed by atoms with E-state index in [-0.39, 0.29) is 30.3 Å². The summed E-state index contributed by atoms with van der Waals surface area (Å²) in [4.78, 5) is 51.0. The van der Waals surface area contributed by atoms with Crippen LogP contribution in [0.15, 0.2) is 56.9 Å². The Bertz CT molecular complexity index is 1450. The maximum atomic E-state index is 13.3. The zero-order chi connectivity index (χ0) is 30.9. The van der Waals surface area contributed by atoms with Crippen LogP contribution in [0.5, 0.6) is 5.75 Å². The summed E-state index contributed by atoms with van der Waals surface area (Å²) in [5.74, 6) is 4.59. The molecule has 2 fully saturated rings. The fraction of sp³-hybridized carbons (Fsp3) is 0.485. The lowest BCUT2D eigenvalue weighted by Crippen LogP contribution is -2.50. The zero-order valence-electron chi connectivity index (χ0n) is 24.7. The van der Waals surface area contributed by atoms with Gasteiger partial charge in [-0.2, -0.15) is 4.99 Å². The van der Waals surface area contributed by atoms with Crippen LogP contribution in [0, 0.1) is 0 Å². The molecule has 2 heterocycles. The number of hydrogen-bond donors (Lipinski definition) is 2. The van der Waals surface area contributed by atoms with Gasteiger partial charge in [0.15, 0.2) is 6.10 Å². The van der Waals surface area contributed by atoms with Crippen molar-refractivity contribution in [1.82, 2.24) is 9.80 Å². The van der Waals surface area contributed by atoms with Crippen molar-refractivity contribution in [2.24, 2.45) is 9.98 Å². The summed E-state index contributed by atoms with van der Waals surface area (Å²) in [6, 6.07) is 12.7. The molecule has 2 aliphatic heterocycles. The SMILES string of the molecule is O=C(N=C=C=NC1CCCCCC1)[C@@H](Cc1ccc(O)c(Br)c1)OC(=O)N1CCC(N2CCc3ccccc3NC2=O)CC1. The Balaban J connectivity index is 1.22. The molecule has 1 aliphatic carbocycles. The number of nitrogens with zero attached hydrogens (tertiary/aromatic N) is 4. The van der Waals surface area contributed by atoms with Gasteiger partial charge >= 0.3 is 12.1 Å². The molecule has 1 atom stereocenters. The minimum atomic E-state index is -1.20. The number of carbonyl (C=O) groups is 3. The number of phenols is 1. The lowest BCUT2D eigenvalue weighted by Gasteiger charge is -2.37. The zero-order valence-corrected chi connectivity index (χ0v) is 26.3. The normalized spacial score (nSPS) is 18.4. The lowest BCUT2D eigenvalue weighted by molar-refractivity contribution is -0.126. The molecule has 0 bridgehead atoms. The predicted molar refractivity (Wildman–Crippen MR) is 172 cm³/mol. The second-order valence-electron chi connectivity index (χ2n) is 11.6. The Hall–Kier alpha value is -3.91. The average molecular weight is 665 g/mol. The third kappa shape index (κ3) is 8.38. The first-order chi connectivity index (χ1) is 21.4. The number of aliphatic imine (C=N–C) groups is 2. The van der Waals surface area contributed by atoms with Gasteiger partial charge in [0.2, 0.25) is 0 Å². The molecule has 0 unspecified atom stereocenters. The van der Waals surface area contributed by atoms with Gasteiger partial charge in [-0.25, -0.2) is 14.6 Å². The first-order valence-corrected chi connectivity index (χ1v) is 16.2. The van der Waals surface area contributed by atoms with Gasteiger partial charge in [0, 0.05) is 37.8 Å². The Morgan fingerprint density at radius 3 is 2.52 bits per heavy atom. The average Bonchev–Trinajstić information content (AvgIpc) is 3.39. The van der Waals surface area contributed by atoms with Crippen molar-refractivity contribution in [2.45, 2.75) is 82.4 Å². The summed E-state index contributed by atoms with van der Waals surface area (Å²) in [6.45, 7) is 1.39. The summed E-state index contributed by atoms with van der Waals surface area (Å²) in [7, 11) is 0. The van der Waals surface area contributed by atoms with Crippen LogP contribution in [0.3, 0.4) is 0 Å². The van der Waals surface area contributed by atoms with E-state index in [1.807, 2.05) is 29.2 Å². The van der Waals surface area contributed by atoms with Crippen LogP contribution >= 0.6 is 15.9 Å². The van der Waals surface area contributed by atoms with Crippen molar-refractivity contribution in [3.05, 3.63) is 58.1 Å². The summed E-state index contributed by atoms with van der Waals surface area (Å²) in [5, 5.41) is 12.9. The summed E-state index contributed by atoms with van der Waals surface area (Å²) >= 11 is 3.30. The second-order valence-corrected chi connectivity index (χ2v) is 12.4. The Morgan fingerprint density at radius 2 is 1.77 bits per heavy atom. The minimum absolute atomic E-state index is 0.0115. The Labute approximate surface area is 266 Å². The van der Waals surface area contributed by atoms with Crippen LogP contribution < -0.4 is 5.32 Å².